The van der Waals surface area contributed by atoms with Crippen molar-refractivity contribution in [1.29, 1.82) is 0 Å². The van der Waals surface area contributed by atoms with Crippen molar-refractivity contribution >= 4 is 0 Å². The molecular weight excluding hydrogens is 238 g/mol. The zero-order valence-electron chi connectivity index (χ0n) is 11.9. The average Bonchev–Trinajstić information content (AvgIpc) is 2.24. The lowest BCUT2D eigenvalue weighted by Gasteiger charge is -2.44. The Morgan fingerprint density at radius 2 is 2.06 bits per heavy atom. The topological polar surface area (TPSA) is 24.5 Å². The molecule has 0 bridgehead atoms. The quantitative estimate of drug-likeness (QED) is 0.768. The first-order valence-electron chi connectivity index (χ1n) is 6.64. The van der Waals surface area contributed by atoms with Crippen LogP contribution < -0.4 is 5.32 Å². The van der Waals surface area contributed by atoms with E-state index in [1.54, 1.807) is 0 Å². The van der Waals surface area contributed by atoms with E-state index in [1.807, 2.05) is 0 Å². The van der Waals surface area contributed by atoms with Crippen LogP contribution in [0.1, 0.15) is 27.7 Å². The largest absolute Gasteiger partial charge is 0.374 e. The van der Waals surface area contributed by atoms with Gasteiger partial charge >= 0.3 is 0 Å². The molecular formula is C13H26F2N2O. The molecule has 1 heterocycles. The van der Waals surface area contributed by atoms with Gasteiger partial charge in [-0.25, -0.2) is 8.78 Å². The third-order valence-electron chi connectivity index (χ3n) is 3.51. The highest BCUT2D eigenvalue weighted by Crippen LogP contribution is 2.23. The molecule has 2 unspecified atom stereocenters. The second kappa shape index (κ2) is 6.78. The van der Waals surface area contributed by atoms with E-state index in [-0.39, 0.29) is 5.41 Å². The molecule has 0 spiro atoms. The Labute approximate surface area is 109 Å². The molecule has 18 heavy (non-hydrogen) atoms. The van der Waals surface area contributed by atoms with Gasteiger partial charge in [0.25, 0.3) is 6.43 Å². The van der Waals surface area contributed by atoms with Gasteiger partial charge < -0.3 is 10.1 Å². The summed E-state index contributed by atoms with van der Waals surface area (Å²) in [6, 6.07) is 0.863. The predicted octanol–water partition coefficient (Wildman–Crippen LogP) is 1.98. The van der Waals surface area contributed by atoms with Crippen LogP contribution in [0.3, 0.4) is 0 Å². The first-order valence-corrected chi connectivity index (χ1v) is 6.64. The normalized spacial score (nSPS) is 26.8. The highest BCUT2D eigenvalue weighted by Gasteiger charge is 2.31. The number of nitrogens with one attached hydrogen (secondary N) is 1. The second-order valence-corrected chi connectivity index (χ2v) is 6.14. The summed E-state index contributed by atoms with van der Waals surface area (Å²) < 4.78 is 28.8. The molecule has 0 saturated carbocycles. The summed E-state index contributed by atoms with van der Waals surface area (Å²) in [6.45, 7) is 11.3. The molecule has 0 aromatic rings. The third kappa shape index (κ3) is 5.16. The number of halogens is 2. The maximum atomic E-state index is 11.9. The molecule has 3 nitrogen and oxygen atoms in total. The van der Waals surface area contributed by atoms with Gasteiger partial charge in [0.05, 0.1) is 6.61 Å². The van der Waals surface area contributed by atoms with Crippen LogP contribution in [0.25, 0.3) is 0 Å². The van der Waals surface area contributed by atoms with Crippen LogP contribution in [0.5, 0.6) is 0 Å². The Hall–Kier alpha value is -0.260. The standard InChI is InChI=1S/C13H26F2N2O/c1-10-7-16-11(13(2,3)4)8-17(10)5-6-18-9-12(14)15/h10-12,16H,5-9H2,1-4H3. The number of ether oxygens (including phenoxy) is 1. The van der Waals surface area contributed by atoms with Crippen molar-refractivity contribution in [2.75, 3.05) is 32.8 Å². The average molecular weight is 264 g/mol. The van der Waals surface area contributed by atoms with Crippen molar-refractivity contribution in [3.8, 4) is 0 Å². The monoisotopic (exact) mass is 264 g/mol. The molecule has 0 radical (unpaired) electrons. The first kappa shape index (κ1) is 15.8. The van der Waals surface area contributed by atoms with Crippen molar-refractivity contribution in [3.63, 3.8) is 0 Å². The molecule has 2 atom stereocenters. The summed E-state index contributed by atoms with van der Waals surface area (Å²) in [5.74, 6) is 0. The molecule has 1 rings (SSSR count). The zero-order valence-corrected chi connectivity index (χ0v) is 11.9. The molecule has 0 aromatic carbocycles. The third-order valence-corrected chi connectivity index (χ3v) is 3.51. The summed E-state index contributed by atoms with van der Waals surface area (Å²) >= 11 is 0. The lowest BCUT2D eigenvalue weighted by atomic mass is 9.85. The lowest BCUT2D eigenvalue weighted by molar-refractivity contribution is -0.00103. The summed E-state index contributed by atoms with van der Waals surface area (Å²) in [6.07, 6.45) is -2.37. The van der Waals surface area contributed by atoms with E-state index in [9.17, 15) is 8.78 Å². The van der Waals surface area contributed by atoms with E-state index >= 15 is 0 Å². The van der Waals surface area contributed by atoms with Gasteiger partial charge in [-0.05, 0) is 12.3 Å². The Morgan fingerprint density at radius 1 is 1.39 bits per heavy atom. The fourth-order valence-electron chi connectivity index (χ4n) is 2.17. The van der Waals surface area contributed by atoms with Gasteiger partial charge in [0.2, 0.25) is 0 Å². The second-order valence-electron chi connectivity index (χ2n) is 6.14. The number of piperazine rings is 1. The molecule has 1 aliphatic rings. The molecule has 108 valence electrons. The number of hydrogen-bond acceptors (Lipinski definition) is 3. The molecule has 0 amide bonds. The summed E-state index contributed by atoms with van der Waals surface area (Å²) in [5.41, 5.74) is 0.211. The summed E-state index contributed by atoms with van der Waals surface area (Å²) in [7, 11) is 0. The Bertz CT molecular complexity index is 244. The fraction of sp³-hybridized carbons (Fsp3) is 1.00. The minimum atomic E-state index is -2.37. The van der Waals surface area contributed by atoms with Crippen molar-refractivity contribution in [2.24, 2.45) is 5.41 Å². The van der Waals surface area contributed by atoms with E-state index in [0.29, 0.717) is 18.7 Å². The SMILES string of the molecule is CC1CNC(C(C)(C)C)CN1CCOCC(F)F. The summed E-state index contributed by atoms with van der Waals surface area (Å²) in [5, 5.41) is 3.54. The van der Waals surface area contributed by atoms with Crippen LogP contribution in [-0.2, 0) is 4.74 Å². The van der Waals surface area contributed by atoms with E-state index in [1.165, 1.54) is 0 Å². The van der Waals surface area contributed by atoms with Crippen LogP contribution in [0.4, 0.5) is 8.78 Å². The van der Waals surface area contributed by atoms with Crippen LogP contribution >= 0.6 is 0 Å². The number of hydrogen-bond donors (Lipinski definition) is 1. The van der Waals surface area contributed by atoms with Gasteiger partial charge in [0.1, 0.15) is 6.61 Å². The van der Waals surface area contributed by atoms with Gasteiger partial charge in [-0.3, -0.25) is 4.90 Å². The highest BCUT2D eigenvalue weighted by atomic mass is 19.3. The first-order chi connectivity index (χ1) is 8.30. The molecule has 1 aliphatic heterocycles. The smallest absolute Gasteiger partial charge is 0.261 e. The molecule has 0 aliphatic carbocycles. The lowest BCUT2D eigenvalue weighted by Crippen LogP contribution is -2.59. The zero-order chi connectivity index (χ0) is 13.8. The van der Waals surface area contributed by atoms with Crippen molar-refractivity contribution in [2.45, 2.75) is 46.2 Å². The molecule has 1 saturated heterocycles. The van der Waals surface area contributed by atoms with Gasteiger partial charge in [-0.15, -0.1) is 0 Å². The van der Waals surface area contributed by atoms with E-state index in [2.05, 4.69) is 37.9 Å². The Balaban J connectivity index is 2.34. The van der Waals surface area contributed by atoms with Gasteiger partial charge in [-0.1, -0.05) is 20.8 Å². The minimum Gasteiger partial charge on any atom is -0.374 e. The Morgan fingerprint density at radius 3 is 2.61 bits per heavy atom. The van der Waals surface area contributed by atoms with Crippen LogP contribution in [0.2, 0.25) is 0 Å². The Kier molecular flexibility index (Phi) is 5.95. The van der Waals surface area contributed by atoms with Gasteiger partial charge in [-0.2, -0.15) is 0 Å². The van der Waals surface area contributed by atoms with Gasteiger partial charge in [0.15, 0.2) is 0 Å². The van der Waals surface area contributed by atoms with Crippen LogP contribution in [0, 0.1) is 5.41 Å². The summed E-state index contributed by atoms with van der Waals surface area (Å²) in [4.78, 5) is 2.32. The molecule has 1 fully saturated rings. The van der Waals surface area contributed by atoms with E-state index < -0.39 is 13.0 Å². The molecule has 5 heteroatoms. The van der Waals surface area contributed by atoms with Gasteiger partial charge in [0, 0.05) is 31.7 Å². The maximum absolute atomic E-state index is 11.9. The van der Waals surface area contributed by atoms with Crippen molar-refractivity contribution in [1.82, 2.24) is 10.2 Å². The fourth-order valence-corrected chi connectivity index (χ4v) is 2.17. The number of alkyl halides is 2. The maximum Gasteiger partial charge on any atom is 0.261 e. The van der Waals surface area contributed by atoms with E-state index in [0.717, 1.165) is 19.6 Å². The predicted molar refractivity (Wildman–Crippen MR) is 69.1 cm³/mol. The number of rotatable bonds is 5. The highest BCUT2D eigenvalue weighted by molar-refractivity contribution is 4.90. The van der Waals surface area contributed by atoms with E-state index in [4.69, 9.17) is 4.74 Å². The minimum absolute atomic E-state index is 0.211. The van der Waals surface area contributed by atoms with Crippen LogP contribution in [0.15, 0.2) is 0 Å². The number of nitrogens with zero attached hydrogens (tertiary/aromatic N) is 1. The molecule has 0 aromatic heterocycles. The van der Waals surface area contributed by atoms with Crippen LogP contribution in [-0.4, -0.2) is 56.3 Å². The molecule has 1 N–H and O–H groups in total. The van der Waals surface area contributed by atoms with Crippen molar-refractivity contribution in [3.05, 3.63) is 0 Å². The van der Waals surface area contributed by atoms with Crippen molar-refractivity contribution < 1.29 is 13.5 Å².